The average Bonchev–Trinajstić information content (AvgIpc) is 3.24. The third-order valence-corrected chi connectivity index (χ3v) is 6.72. The van der Waals surface area contributed by atoms with Gasteiger partial charge in [0.05, 0.1) is 22.5 Å². The molecule has 5 rings (SSSR count). The van der Waals surface area contributed by atoms with Gasteiger partial charge in [-0.15, -0.1) is 0 Å². The second-order valence-electron chi connectivity index (χ2n) is 9.33. The zero-order valence-corrected chi connectivity index (χ0v) is 21.9. The number of anilines is 2. The van der Waals surface area contributed by atoms with Gasteiger partial charge >= 0.3 is 18.0 Å². The van der Waals surface area contributed by atoms with Gasteiger partial charge in [-0.25, -0.2) is 24.2 Å². The number of carbonyl (C=O) groups excluding carboxylic acids is 3. The summed E-state index contributed by atoms with van der Waals surface area (Å²) in [6, 6.07) is 21.2. The molecular formula is C31H23N3O7. The maximum atomic E-state index is 13.7. The molecule has 1 fully saturated rings. The molecule has 0 aliphatic carbocycles. The lowest BCUT2D eigenvalue weighted by atomic mass is 10.0. The first-order chi connectivity index (χ1) is 19.6. The van der Waals surface area contributed by atoms with Crippen molar-refractivity contribution >= 4 is 47.2 Å². The van der Waals surface area contributed by atoms with Crippen molar-refractivity contribution in [1.82, 2.24) is 4.57 Å². The first-order valence-corrected chi connectivity index (χ1v) is 12.4. The Labute approximate surface area is 234 Å². The van der Waals surface area contributed by atoms with E-state index in [1.165, 1.54) is 18.2 Å². The number of hydrogen-bond acceptors (Lipinski definition) is 5. The number of imide groups is 2. The Balaban J connectivity index is 1.66. The molecule has 10 nitrogen and oxygen atoms in total. The summed E-state index contributed by atoms with van der Waals surface area (Å²) in [5.41, 5.74) is 1.76. The highest BCUT2D eigenvalue weighted by Gasteiger charge is 2.43. The van der Waals surface area contributed by atoms with E-state index in [1.807, 2.05) is 0 Å². The number of aryl methyl sites for hydroxylation is 1. The SMILES string of the molecule is Cc1cc(C=C2C(=O)N(c3ccccc3)C(=O)N(c3ccccc3)C2=O)c(C)n1-c1cc(C(=O)O)cc(C(=O)O)c1. The van der Waals surface area contributed by atoms with Crippen molar-refractivity contribution < 1.29 is 34.2 Å². The predicted octanol–water partition coefficient (Wildman–Crippen LogP) is 5.07. The first-order valence-electron chi connectivity index (χ1n) is 12.4. The zero-order valence-electron chi connectivity index (χ0n) is 21.9. The molecule has 0 bridgehead atoms. The number of carboxylic acid groups (broad SMARTS) is 2. The van der Waals surface area contributed by atoms with Crippen LogP contribution in [0.5, 0.6) is 0 Å². The minimum Gasteiger partial charge on any atom is -0.478 e. The molecule has 0 saturated carbocycles. The second kappa shape index (κ2) is 10.4. The lowest BCUT2D eigenvalue weighted by Gasteiger charge is -2.33. The summed E-state index contributed by atoms with van der Waals surface area (Å²) in [6.07, 6.45) is 1.39. The molecule has 3 aromatic carbocycles. The molecule has 2 heterocycles. The summed E-state index contributed by atoms with van der Waals surface area (Å²) in [6.45, 7) is 3.42. The predicted molar refractivity (Wildman–Crippen MR) is 150 cm³/mol. The summed E-state index contributed by atoms with van der Waals surface area (Å²) in [7, 11) is 0. The van der Waals surface area contributed by atoms with Crippen molar-refractivity contribution in [3.8, 4) is 5.69 Å². The molecule has 1 aliphatic heterocycles. The molecule has 1 saturated heterocycles. The first kappa shape index (κ1) is 26.8. The Morgan fingerprint density at radius 2 is 1.12 bits per heavy atom. The fraction of sp³-hybridized carbons (Fsp3) is 0.0645. The van der Waals surface area contributed by atoms with Gasteiger partial charge in [-0.1, -0.05) is 36.4 Å². The number of benzene rings is 3. The number of aromatic nitrogens is 1. The quantitative estimate of drug-likeness (QED) is 0.253. The molecule has 0 atom stereocenters. The maximum absolute atomic E-state index is 13.7. The normalized spacial score (nSPS) is 13.5. The fourth-order valence-corrected chi connectivity index (χ4v) is 4.81. The number of barbiturate groups is 1. The molecule has 10 heteroatoms. The van der Waals surface area contributed by atoms with Crippen LogP contribution in [0.1, 0.15) is 37.7 Å². The fourth-order valence-electron chi connectivity index (χ4n) is 4.81. The van der Waals surface area contributed by atoms with Crippen LogP contribution >= 0.6 is 0 Å². The number of carbonyl (C=O) groups is 5. The van der Waals surface area contributed by atoms with Crippen LogP contribution < -0.4 is 9.80 Å². The van der Waals surface area contributed by atoms with E-state index in [9.17, 15) is 34.2 Å². The van der Waals surface area contributed by atoms with Gasteiger partial charge in [-0.05, 0) is 74.0 Å². The standard InChI is InChI=1S/C31H23N3O7/c1-18-13-20(19(2)32(18)25-15-21(29(37)38)14-22(16-25)30(39)40)17-26-27(35)33(23-9-5-3-6-10-23)31(41)34(28(26)36)24-11-7-4-8-12-24/h3-17H,1-2H3,(H,37,38)(H,39,40). The molecule has 4 aromatic rings. The molecule has 0 unspecified atom stereocenters. The number of aromatic carboxylic acids is 2. The molecule has 1 aliphatic rings. The van der Waals surface area contributed by atoms with Crippen molar-refractivity contribution in [2.45, 2.75) is 13.8 Å². The molecule has 1 aromatic heterocycles. The highest BCUT2D eigenvalue weighted by molar-refractivity contribution is 6.46. The van der Waals surface area contributed by atoms with E-state index in [0.717, 1.165) is 15.9 Å². The highest BCUT2D eigenvalue weighted by Crippen LogP contribution is 2.31. The van der Waals surface area contributed by atoms with E-state index in [1.54, 1.807) is 85.1 Å². The van der Waals surface area contributed by atoms with Gasteiger partial charge in [-0.3, -0.25) is 9.59 Å². The van der Waals surface area contributed by atoms with E-state index < -0.39 is 29.8 Å². The van der Waals surface area contributed by atoms with Gasteiger partial charge in [0.2, 0.25) is 0 Å². The van der Waals surface area contributed by atoms with E-state index in [0.29, 0.717) is 28.3 Å². The van der Waals surface area contributed by atoms with Gasteiger partial charge in [0.25, 0.3) is 11.8 Å². The third kappa shape index (κ3) is 4.78. The number of nitrogens with zero attached hydrogens (tertiary/aromatic N) is 3. The van der Waals surface area contributed by atoms with Gasteiger partial charge in [0, 0.05) is 17.1 Å². The van der Waals surface area contributed by atoms with Crippen LogP contribution in [0.15, 0.2) is 90.5 Å². The second-order valence-corrected chi connectivity index (χ2v) is 9.33. The van der Waals surface area contributed by atoms with Crippen LogP contribution in [-0.2, 0) is 9.59 Å². The molecular weight excluding hydrogens is 526 g/mol. The Bertz CT molecular complexity index is 1680. The Morgan fingerprint density at radius 1 is 0.659 bits per heavy atom. The topological polar surface area (TPSA) is 137 Å². The number of hydrogen-bond donors (Lipinski definition) is 2. The Kier molecular flexibility index (Phi) is 6.82. The van der Waals surface area contributed by atoms with Crippen molar-refractivity contribution in [1.29, 1.82) is 0 Å². The van der Waals surface area contributed by atoms with E-state index >= 15 is 0 Å². The largest absolute Gasteiger partial charge is 0.478 e. The summed E-state index contributed by atoms with van der Waals surface area (Å²) in [5, 5.41) is 19.0. The molecule has 4 amide bonds. The minimum absolute atomic E-state index is 0.208. The lowest BCUT2D eigenvalue weighted by molar-refractivity contribution is -0.121. The third-order valence-electron chi connectivity index (χ3n) is 6.72. The average molecular weight is 550 g/mol. The molecule has 0 spiro atoms. The zero-order chi connectivity index (χ0) is 29.4. The van der Waals surface area contributed by atoms with Crippen molar-refractivity contribution in [2.75, 3.05) is 9.80 Å². The molecule has 0 radical (unpaired) electrons. The smallest absolute Gasteiger partial charge is 0.343 e. The van der Waals surface area contributed by atoms with E-state index in [2.05, 4.69) is 0 Å². The number of para-hydroxylation sites is 2. The molecule has 41 heavy (non-hydrogen) atoms. The number of amides is 4. The van der Waals surface area contributed by atoms with Gasteiger partial charge in [0.15, 0.2) is 0 Å². The number of carboxylic acids is 2. The summed E-state index contributed by atoms with van der Waals surface area (Å²) in [5.74, 6) is -4.18. The number of rotatable bonds is 6. The Hall–Kier alpha value is -5.77. The molecule has 204 valence electrons. The van der Waals surface area contributed by atoms with Crippen LogP contribution in [-0.4, -0.2) is 44.6 Å². The maximum Gasteiger partial charge on any atom is 0.343 e. The van der Waals surface area contributed by atoms with Crippen LogP contribution in [0.3, 0.4) is 0 Å². The van der Waals surface area contributed by atoms with Crippen molar-refractivity contribution in [3.63, 3.8) is 0 Å². The minimum atomic E-state index is -1.29. The van der Waals surface area contributed by atoms with Crippen molar-refractivity contribution in [2.24, 2.45) is 0 Å². The van der Waals surface area contributed by atoms with Crippen LogP contribution in [0.2, 0.25) is 0 Å². The monoisotopic (exact) mass is 549 g/mol. The van der Waals surface area contributed by atoms with Gasteiger partial charge in [0.1, 0.15) is 5.57 Å². The van der Waals surface area contributed by atoms with Gasteiger partial charge in [-0.2, -0.15) is 0 Å². The van der Waals surface area contributed by atoms with Crippen molar-refractivity contribution in [3.05, 3.63) is 119 Å². The molecule has 2 N–H and O–H groups in total. The Morgan fingerprint density at radius 3 is 1.56 bits per heavy atom. The van der Waals surface area contributed by atoms with Crippen LogP contribution in [0.25, 0.3) is 11.8 Å². The summed E-state index contributed by atoms with van der Waals surface area (Å²) < 4.78 is 1.64. The van der Waals surface area contributed by atoms with E-state index in [-0.39, 0.29) is 22.4 Å². The van der Waals surface area contributed by atoms with E-state index in [4.69, 9.17) is 0 Å². The van der Waals surface area contributed by atoms with Crippen LogP contribution in [0.4, 0.5) is 16.2 Å². The summed E-state index contributed by atoms with van der Waals surface area (Å²) >= 11 is 0. The lowest BCUT2D eigenvalue weighted by Crippen LogP contribution is -2.57. The van der Waals surface area contributed by atoms with Crippen LogP contribution in [0, 0.1) is 13.8 Å². The highest BCUT2D eigenvalue weighted by atomic mass is 16.4. The van der Waals surface area contributed by atoms with Gasteiger partial charge < -0.3 is 14.8 Å². The number of urea groups is 1. The summed E-state index contributed by atoms with van der Waals surface area (Å²) in [4.78, 5) is 66.1.